The van der Waals surface area contributed by atoms with Gasteiger partial charge in [0, 0.05) is 31.9 Å². The van der Waals surface area contributed by atoms with E-state index in [9.17, 15) is 4.39 Å². The Morgan fingerprint density at radius 1 is 1.32 bits per heavy atom. The number of nitrogens with one attached hydrogen (secondary N) is 1. The first-order valence-electron chi connectivity index (χ1n) is 8.70. The van der Waals surface area contributed by atoms with Crippen LogP contribution in [0.3, 0.4) is 0 Å². The first-order chi connectivity index (χ1) is 12.2. The zero-order valence-electron chi connectivity index (χ0n) is 14.1. The van der Waals surface area contributed by atoms with Gasteiger partial charge in [-0.1, -0.05) is 6.07 Å². The minimum absolute atomic E-state index is 0.113. The first kappa shape index (κ1) is 16.4. The predicted molar refractivity (Wildman–Crippen MR) is 91.4 cm³/mol. The molecule has 2 fully saturated rings. The van der Waals surface area contributed by atoms with E-state index in [0.717, 1.165) is 38.9 Å². The molecule has 2 atom stereocenters. The summed E-state index contributed by atoms with van der Waals surface area (Å²) in [5.41, 5.74) is 1.12. The zero-order chi connectivity index (χ0) is 17.1. The summed E-state index contributed by atoms with van der Waals surface area (Å²) in [6.45, 7) is 3.53. The number of pyridine rings is 1. The van der Waals surface area contributed by atoms with Crippen LogP contribution < -0.4 is 5.32 Å². The molecule has 2 aromatic heterocycles. The van der Waals surface area contributed by atoms with Crippen LogP contribution in [-0.4, -0.2) is 51.2 Å². The molecule has 0 bridgehead atoms. The number of hydrogen-bond acceptors (Lipinski definition) is 6. The summed E-state index contributed by atoms with van der Waals surface area (Å²) in [5.74, 6) is 0.0260. The second-order valence-corrected chi connectivity index (χ2v) is 6.94. The molecule has 1 N–H and O–H groups in total. The van der Waals surface area contributed by atoms with Gasteiger partial charge in [-0.3, -0.25) is 9.88 Å². The van der Waals surface area contributed by atoms with E-state index in [4.69, 9.17) is 4.74 Å². The Kier molecular flexibility index (Phi) is 4.59. The van der Waals surface area contributed by atoms with E-state index in [0.29, 0.717) is 12.6 Å². The van der Waals surface area contributed by atoms with Gasteiger partial charge >= 0.3 is 0 Å². The fourth-order valence-electron chi connectivity index (χ4n) is 3.87. The Bertz CT molecular complexity index is 698. The molecule has 2 aliphatic rings. The molecule has 0 aromatic carbocycles. The molecule has 0 radical (unpaired) electrons. The molecule has 1 spiro atoms. The lowest BCUT2D eigenvalue weighted by molar-refractivity contribution is -0.0533. The summed E-state index contributed by atoms with van der Waals surface area (Å²) in [5, 5.41) is 3.26. The van der Waals surface area contributed by atoms with E-state index in [-0.39, 0.29) is 11.6 Å². The molecule has 4 heterocycles. The monoisotopic (exact) mass is 343 g/mol. The highest BCUT2D eigenvalue weighted by molar-refractivity contribution is 5.26. The lowest BCUT2D eigenvalue weighted by Gasteiger charge is -2.39. The van der Waals surface area contributed by atoms with Crippen molar-refractivity contribution in [1.82, 2.24) is 19.9 Å². The number of ether oxygens (including phenoxy) is 1. The minimum Gasteiger partial charge on any atom is -0.371 e. The third kappa shape index (κ3) is 3.93. The maximum Gasteiger partial charge on any atom is 0.223 e. The van der Waals surface area contributed by atoms with Crippen molar-refractivity contribution in [2.75, 3.05) is 25.0 Å². The average molecular weight is 343 g/mol. The number of aromatic nitrogens is 3. The van der Waals surface area contributed by atoms with Crippen LogP contribution in [0.1, 0.15) is 24.8 Å². The summed E-state index contributed by atoms with van der Waals surface area (Å²) < 4.78 is 19.1. The van der Waals surface area contributed by atoms with Gasteiger partial charge < -0.3 is 10.1 Å². The molecule has 25 heavy (non-hydrogen) atoms. The third-order valence-corrected chi connectivity index (χ3v) is 4.91. The largest absolute Gasteiger partial charge is 0.371 e. The molecule has 0 saturated carbocycles. The van der Waals surface area contributed by atoms with Crippen molar-refractivity contribution < 1.29 is 9.13 Å². The van der Waals surface area contributed by atoms with Gasteiger partial charge in [-0.05, 0) is 31.0 Å². The molecule has 2 aliphatic heterocycles. The Balaban J connectivity index is 1.36. The van der Waals surface area contributed by atoms with Crippen LogP contribution in [0.15, 0.2) is 36.9 Å². The minimum atomic E-state index is -0.428. The van der Waals surface area contributed by atoms with E-state index in [2.05, 4.69) is 31.2 Å². The van der Waals surface area contributed by atoms with Crippen molar-refractivity contribution in [2.45, 2.75) is 37.5 Å². The van der Waals surface area contributed by atoms with Crippen LogP contribution in [0.25, 0.3) is 0 Å². The summed E-state index contributed by atoms with van der Waals surface area (Å²) in [4.78, 5) is 14.6. The number of rotatable bonds is 4. The summed E-state index contributed by atoms with van der Waals surface area (Å²) in [6, 6.07) is 4.24. The van der Waals surface area contributed by atoms with Crippen LogP contribution in [0.5, 0.6) is 0 Å². The highest BCUT2D eigenvalue weighted by Crippen LogP contribution is 2.35. The number of likely N-dealkylation sites (tertiary alicyclic amines) is 1. The standard InChI is InChI=1S/C18H22FN5O/c19-15-9-21-17(22-10-15)23-16-7-18(25-12-16)4-2-6-24(13-18)11-14-3-1-5-20-8-14/h1,3,5,8-10,16H,2,4,6-7,11-13H2,(H,21,22,23)/t16-,18-/m0/s1. The van der Waals surface area contributed by atoms with Crippen LogP contribution >= 0.6 is 0 Å². The van der Waals surface area contributed by atoms with Crippen LogP contribution in [0, 0.1) is 5.82 Å². The summed E-state index contributed by atoms with van der Waals surface area (Å²) >= 11 is 0. The Hall–Kier alpha value is -2.12. The molecule has 6 nitrogen and oxygen atoms in total. The second kappa shape index (κ2) is 7.01. The van der Waals surface area contributed by atoms with Crippen molar-refractivity contribution in [1.29, 1.82) is 0 Å². The van der Waals surface area contributed by atoms with Gasteiger partial charge in [-0.25, -0.2) is 14.4 Å². The highest BCUT2D eigenvalue weighted by atomic mass is 19.1. The maximum atomic E-state index is 12.9. The van der Waals surface area contributed by atoms with Gasteiger partial charge in [0.05, 0.1) is 30.6 Å². The Morgan fingerprint density at radius 3 is 3.00 bits per heavy atom. The van der Waals surface area contributed by atoms with Crippen LogP contribution in [0.2, 0.25) is 0 Å². The number of anilines is 1. The summed E-state index contributed by atoms with van der Waals surface area (Å²) in [6.07, 6.45) is 9.19. The molecule has 0 aliphatic carbocycles. The van der Waals surface area contributed by atoms with E-state index < -0.39 is 5.82 Å². The van der Waals surface area contributed by atoms with Gasteiger partial charge in [-0.2, -0.15) is 0 Å². The zero-order valence-corrected chi connectivity index (χ0v) is 14.1. The van der Waals surface area contributed by atoms with E-state index in [1.54, 1.807) is 6.20 Å². The molecule has 0 unspecified atom stereocenters. The summed E-state index contributed by atoms with van der Waals surface area (Å²) in [7, 11) is 0. The molecule has 0 amide bonds. The van der Waals surface area contributed by atoms with Crippen molar-refractivity contribution in [3.63, 3.8) is 0 Å². The van der Waals surface area contributed by atoms with E-state index >= 15 is 0 Å². The van der Waals surface area contributed by atoms with Crippen molar-refractivity contribution in [3.05, 3.63) is 48.3 Å². The average Bonchev–Trinajstić information content (AvgIpc) is 3.00. The Morgan fingerprint density at radius 2 is 2.20 bits per heavy atom. The highest BCUT2D eigenvalue weighted by Gasteiger charge is 2.43. The lowest BCUT2D eigenvalue weighted by Crippen LogP contribution is -2.47. The van der Waals surface area contributed by atoms with Gasteiger partial charge in [-0.15, -0.1) is 0 Å². The fourth-order valence-corrected chi connectivity index (χ4v) is 3.87. The van der Waals surface area contributed by atoms with Gasteiger partial charge in [0.1, 0.15) is 0 Å². The van der Waals surface area contributed by atoms with Gasteiger partial charge in [0.2, 0.25) is 5.95 Å². The molecule has 132 valence electrons. The quantitative estimate of drug-likeness (QED) is 0.919. The lowest BCUT2D eigenvalue weighted by atomic mass is 9.88. The number of nitrogens with zero attached hydrogens (tertiary/aromatic N) is 4. The Labute approximate surface area is 146 Å². The van der Waals surface area contributed by atoms with E-state index in [1.165, 1.54) is 18.0 Å². The van der Waals surface area contributed by atoms with Crippen molar-refractivity contribution in [2.24, 2.45) is 0 Å². The molecule has 2 aromatic rings. The predicted octanol–water partition coefficient (Wildman–Crippen LogP) is 2.25. The maximum absolute atomic E-state index is 12.9. The molecule has 4 rings (SSSR count). The molecule has 7 heteroatoms. The van der Waals surface area contributed by atoms with E-state index in [1.807, 2.05) is 12.3 Å². The fraction of sp³-hybridized carbons (Fsp3) is 0.500. The molecule has 2 saturated heterocycles. The molecular weight excluding hydrogens is 321 g/mol. The van der Waals surface area contributed by atoms with Crippen LogP contribution in [0.4, 0.5) is 10.3 Å². The third-order valence-electron chi connectivity index (χ3n) is 4.91. The first-order valence-corrected chi connectivity index (χ1v) is 8.70. The van der Waals surface area contributed by atoms with Crippen molar-refractivity contribution in [3.8, 4) is 0 Å². The SMILES string of the molecule is Fc1cnc(N[C@@H]2CO[C@@]3(CCCN(Cc4cccnc4)C3)C2)nc1. The topological polar surface area (TPSA) is 63.2 Å². The molecular formula is C18H22FN5O. The normalized spacial score (nSPS) is 26.8. The van der Waals surface area contributed by atoms with Crippen LogP contribution in [-0.2, 0) is 11.3 Å². The van der Waals surface area contributed by atoms with Crippen molar-refractivity contribution >= 4 is 5.95 Å². The smallest absolute Gasteiger partial charge is 0.223 e. The number of hydrogen-bond donors (Lipinski definition) is 1. The number of halogens is 1. The van der Waals surface area contributed by atoms with Gasteiger partial charge in [0.15, 0.2) is 5.82 Å². The second-order valence-electron chi connectivity index (χ2n) is 6.94. The van der Waals surface area contributed by atoms with Gasteiger partial charge in [0.25, 0.3) is 0 Å². The number of piperidine rings is 1.